The van der Waals surface area contributed by atoms with Gasteiger partial charge in [0.15, 0.2) is 5.96 Å². The van der Waals surface area contributed by atoms with Crippen molar-refractivity contribution in [1.82, 2.24) is 19.8 Å². The molecule has 2 aromatic rings. The lowest BCUT2D eigenvalue weighted by Crippen LogP contribution is -2.44. The van der Waals surface area contributed by atoms with Crippen LogP contribution in [0.25, 0.3) is 0 Å². The summed E-state index contributed by atoms with van der Waals surface area (Å²) < 4.78 is 2.05. The van der Waals surface area contributed by atoms with Crippen molar-refractivity contribution in [3.8, 4) is 0 Å². The summed E-state index contributed by atoms with van der Waals surface area (Å²) >= 11 is 0. The summed E-state index contributed by atoms with van der Waals surface area (Å²) in [5.74, 6) is 1.01. The molecule has 23 heavy (non-hydrogen) atoms. The minimum atomic E-state index is 0. The van der Waals surface area contributed by atoms with E-state index in [1.54, 1.807) is 6.20 Å². The fourth-order valence-electron chi connectivity index (χ4n) is 2.79. The van der Waals surface area contributed by atoms with E-state index < -0.39 is 0 Å². The first-order valence-electron chi connectivity index (χ1n) is 7.92. The highest BCUT2D eigenvalue weighted by Gasteiger charge is 2.18. The highest BCUT2D eigenvalue weighted by Crippen LogP contribution is 2.18. The second kappa shape index (κ2) is 8.90. The third-order valence-corrected chi connectivity index (χ3v) is 3.94. The Morgan fingerprint density at radius 1 is 1.30 bits per heavy atom. The minimum absolute atomic E-state index is 0. The number of hydrogen-bond acceptors (Lipinski definition) is 2. The van der Waals surface area contributed by atoms with Gasteiger partial charge in [-0.15, -0.1) is 24.0 Å². The van der Waals surface area contributed by atoms with Crippen molar-refractivity contribution in [2.24, 2.45) is 4.99 Å². The van der Waals surface area contributed by atoms with Gasteiger partial charge in [-0.05, 0) is 24.5 Å². The monoisotopic (exact) mass is 425 g/mol. The molecule has 124 valence electrons. The van der Waals surface area contributed by atoms with Crippen LogP contribution in [-0.4, -0.2) is 40.0 Å². The van der Waals surface area contributed by atoms with Crippen LogP contribution in [0.4, 0.5) is 0 Å². The molecule has 0 saturated heterocycles. The topological polar surface area (TPSA) is 45.5 Å². The van der Waals surface area contributed by atoms with Gasteiger partial charge in [0.25, 0.3) is 0 Å². The average molecular weight is 425 g/mol. The molecule has 2 heterocycles. The number of nitrogens with one attached hydrogen (secondary N) is 1. The molecule has 0 amide bonds. The number of halogens is 1. The molecule has 0 atom stereocenters. The lowest BCUT2D eigenvalue weighted by molar-refractivity contribution is 0.378. The molecule has 1 aliphatic rings. The van der Waals surface area contributed by atoms with E-state index in [2.05, 4.69) is 51.0 Å². The Bertz CT molecular complexity index is 624. The smallest absolute Gasteiger partial charge is 0.194 e. The quantitative estimate of drug-likeness (QED) is 0.465. The number of guanidine groups is 1. The van der Waals surface area contributed by atoms with Gasteiger partial charge in [0.05, 0.1) is 12.9 Å². The van der Waals surface area contributed by atoms with Crippen LogP contribution in [0.3, 0.4) is 0 Å². The molecule has 3 rings (SSSR count). The molecule has 0 aliphatic carbocycles. The molecule has 1 aliphatic heterocycles. The standard InChI is InChI=1S/C17H23N5.HI/c1-2-19-17(20-9-12-21-11-8-18-14-21)22-10-7-15-5-3-4-6-16(15)13-22;/h3-6,8,11,14H,2,7,9-10,12-13H2,1H3,(H,19,20);1H. The predicted molar refractivity (Wildman–Crippen MR) is 104 cm³/mol. The zero-order valence-corrected chi connectivity index (χ0v) is 15.8. The van der Waals surface area contributed by atoms with E-state index in [-0.39, 0.29) is 24.0 Å². The highest BCUT2D eigenvalue weighted by molar-refractivity contribution is 14.0. The highest BCUT2D eigenvalue weighted by atomic mass is 127. The van der Waals surface area contributed by atoms with Gasteiger partial charge in [-0.1, -0.05) is 24.3 Å². The average Bonchev–Trinajstić information content (AvgIpc) is 3.07. The predicted octanol–water partition coefficient (Wildman–Crippen LogP) is 2.52. The maximum atomic E-state index is 4.77. The van der Waals surface area contributed by atoms with E-state index in [1.807, 2.05) is 12.5 Å². The molecule has 1 aromatic heterocycles. The van der Waals surface area contributed by atoms with Crippen LogP contribution in [0, 0.1) is 0 Å². The van der Waals surface area contributed by atoms with Gasteiger partial charge in [0.2, 0.25) is 0 Å². The van der Waals surface area contributed by atoms with Crippen molar-refractivity contribution in [2.45, 2.75) is 26.4 Å². The van der Waals surface area contributed by atoms with Crippen molar-refractivity contribution >= 4 is 29.9 Å². The summed E-state index contributed by atoms with van der Waals surface area (Å²) in [5, 5.41) is 3.41. The minimum Gasteiger partial charge on any atom is -0.357 e. The van der Waals surface area contributed by atoms with Crippen molar-refractivity contribution in [3.63, 3.8) is 0 Å². The lowest BCUT2D eigenvalue weighted by Gasteiger charge is -2.31. The Labute approximate surface area is 154 Å². The molecular formula is C17H24IN5. The number of benzene rings is 1. The Morgan fingerprint density at radius 2 is 2.13 bits per heavy atom. The number of nitrogens with zero attached hydrogens (tertiary/aromatic N) is 4. The van der Waals surface area contributed by atoms with Gasteiger partial charge in [0, 0.05) is 38.6 Å². The van der Waals surface area contributed by atoms with Crippen molar-refractivity contribution in [3.05, 3.63) is 54.1 Å². The fourth-order valence-corrected chi connectivity index (χ4v) is 2.79. The number of rotatable bonds is 4. The van der Waals surface area contributed by atoms with Gasteiger partial charge in [-0.2, -0.15) is 0 Å². The lowest BCUT2D eigenvalue weighted by atomic mass is 10.0. The normalized spacial score (nSPS) is 14.1. The van der Waals surface area contributed by atoms with Gasteiger partial charge in [-0.3, -0.25) is 4.99 Å². The molecule has 6 heteroatoms. The molecule has 0 unspecified atom stereocenters. The van der Waals surface area contributed by atoms with Crippen molar-refractivity contribution in [1.29, 1.82) is 0 Å². The zero-order chi connectivity index (χ0) is 15.2. The van der Waals surface area contributed by atoms with Gasteiger partial charge in [-0.25, -0.2) is 4.98 Å². The van der Waals surface area contributed by atoms with Crippen LogP contribution in [0.15, 0.2) is 48.0 Å². The molecule has 1 N–H and O–H groups in total. The van der Waals surface area contributed by atoms with Crippen molar-refractivity contribution < 1.29 is 0 Å². The third kappa shape index (κ3) is 4.70. The molecule has 5 nitrogen and oxygen atoms in total. The molecule has 0 radical (unpaired) electrons. The number of fused-ring (bicyclic) bond motifs is 1. The third-order valence-electron chi connectivity index (χ3n) is 3.94. The molecule has 1 aromatic carbocycles. The van der Waals surface area contributed by atoms with Gasteiger partial charge < -0.3 is 14.8 Å². The van der Waals surface area contributed by atoms with Gasteiger partial charge in [0.1, 0.15) is 0 Å². The van der Waals surface area contributed by atoms with Gasteiger partial charge >= 0.3 is 0 Å². The van der Waals surface area contributed by atoms with Crippen LogP contribution in [-0.2, 0) is 19.5 Å². The number of imidazole rings is 1. The SMILES string of the molecule is CCNC(=NCCn1ccnc1)N1CCc2ccccc2C1.I. The van der Waals surface area contributed by atoms with E-state index >= 15 is 0 Å². The van der Waals surface area contributed by atoms with E-state index in [1.165, 1.54) is 11.1 Å². The van der Waals surface area contributed by atoms with Crippen LogP contribution in [0.1, 0.15) is 18.1 Å². The van der Waals surface area contributed by atoms with Crippen LogP contribution >= 0.6 is 24.0 Å². The van der Waals surface area contributed by atoms with Crippen LogP contribution < -0.4 is 5.32 Å². The molecule has 0 fully saturated rings. The number of hydrogen-bond donors (Lipinski definition) is 1. The summed E-state index contributed by atoms with van der Waals surface area (Å²) in [7, 11) is 0. The molecular weight excluding hydrogens is 401 g/mol. The summed E-state index contributed by atoms with van der Waals surface area (Å²) in [6.45, 7) is 6.59. The Kier molecular flexibility index (Phi) is 6.88. The summed E-state index contributed by atoms with van der Waals surface area (Å²) in [5.41, 5.74) is 2.88. The second-order valence-corrected chi connectivity index (χ2v) is 5.48. The Morgan fingerprint density at radius 3 is 2.87 bits per heavy atom. The Balaban J connectivity index is 0.00000192. The van der Waals surface area contributed by atoms with E-state index in [0.29, 0.717) is 0 Å². The van der Waals surface area contributed by atoms with Crippen LogP contribution in [0.5, 0.6) is 0 Å². The van der Waals surface area contributed by atoms with Crippen LogP contribution in [0.2, 0.25) is 0 Å². The largest absolute Gasteiger partial charge is 0.357 e. The van der Waals surface area contributed by atoms with E-state index in [9.17, 15) is 0 Å². The second-order valence-electron chi connectivity index (χ2n) is 5.48. The maximum Gasteiger partial charge on any atom is 0.194 e. The molecule has 0 saturated carbocycles. The summed E-state index contributed by atoms with van der Waals surface area (Å²) in [6.07, 6.45) is 6.69. The fraction of sp³-hybridized carbons (Fsp3) is 0.412. The first-order valence-corrected chi connectivity index (χ1v) is 7.92. The molecule has 0 spiro atoms. The summed E-state index contributed by atoms with van der Waals surface area (Å²) in [6, 6.07) is 8.69. The van der Waals surface area contributed by atoms with E-state index in [0.717, 1.165) is 45.1 Å². The first kappa shape index (κ1) is 17.8. The maximum absolute atomic E-state index is 4.77. The number of aromatic nitrogens is 2. The molecule has 0 bridgehead atoms. The summed E-state index contributed by atoms with van der Waals surface area (Å²) in [4.78, 5) is 11.2. The zero-order valence-electron chi connectivity index (χ0n) is 13.5. The first-order chi connectivity index (χ1) is 10.9. The Hall–Kier alpha value is -1.57. The van der Waals surface area contributed by atoms with Crippen molar-refractivity contribution in [2.75, 3.05) is 19.6 Å². The number of aliphatic imine (C=N–C) groups is 1. The van der Waals surface area contributed by atoms with E-state index in [4.69, 9.17) is 4.99 Å².